The fourth-order valence-electron chi connectivity index (χ4n) is 3.34. The van der Waals surface area contributed by atoms with Crippen LogP contribution in [0.2, 0.25) is 82.8 Å². The highest BCUT2D eigenvalue weighted by Gasteiger charge is 2.34. The smallest absolute Gasteiger partial charge is 0.172 e. The van der Waals surface area contributed by atoms with Gasteiger partial charge in [0.15, 0.2) is 52.1 Å². The SMILES string of the molecule is CC[SiH](C)O[Si](C)(C)C[SiH](C)O[Si](C)(C)C[SiH](C)O[Si](C)(C)C. The van der Waals surface area contributed by atoms with Crippen LogP contribution in [0.5, 0.6) is 0 Å². The topological polar surface area (TPSA) is 27.7 Å². The lowest BCUT2D eigenvalue weighted by Crippen LogP contribution is -2.47. The van der Waals surface area contributed by atoms with Crippen molar-refractivity contribution in [2.45, 2.75) is 89.8 Å². The van der Waals surface area contributed by atoms with E-state index in [9.17, 15) is 0 Å². The molecule has 0 radical (unpaired) electrons. The van der Waals surface area contributed by atoms with Gasteiger partial charge >= 0.3 is 0 Å². The summed E-state index contributed by atoms with van der Waals surface area (Å²) in [6.45, 7) is 25.8. The molecule has 0 aliphatic rings. The lowest BCUT2D eigenvalue weighted by molar-refractivity contribution is 0.545. The first-order valence-corrected chi connectivity index (χ1v) is 26.2. The molecule has 0 spiro atoms. The Labute approximate surface area is 154 Å². The normalized spacial score (nSPS) is 17.9. The van der Waals surface area contributed by atoms with E-state index in [4.69, 9.17) is 12.3 Å². The van der Waals surface area contributed by atoms with Crippen LogP contribution in [0.1, 0.15) is 6.92 Å². The van der Waals surface area contributed by atoms with Crippen molar-refractivity contribution in [2.24, 2.45) is 0 Å². The van der Waals surface area contributed by atoms with Crippen LogP contribution in [0.15, 0.2) is 0 Å². The molecular weight excluding hydrogens is 385 g/mol. The summed E-state index contributed by atoms with van der Waals surface area (Å²) >= 11 is 0. The van der Waals surface area contributed by atoms with Gasteiger partial charge in [-0.2, -0.15) is 0 Å². The van der Waals surface area contributed by atoms with Crippen molar-refractivity contribution < 1.29 is 12.3 Å². The van der Waals surface area contributed by atoms with Gasteiger partial charge in [0.05, 0.1) is 0 Å². The lowest BCUT2D eigenvalue weighted by atomic mass is 11.0. The second kappa shape index (κ2) is 9.76. The molecule has 0 saturated carbocycles. The zero-order chi connectivity index (χ0) is 18.5. The highest BCUT2D eigenvalue weighted by molar-refractivity contribution is 6.92. The molecule has 3 nitrogen and oxygen atoms in total. The second-order valence-corrected chi connectivity index (χ2v) is 32.3. The van der Waals surface area contributed by atoms with Crippen LogP contribution in [-0.4, -0.2) is 52.1 Å². The average Bonchev–Trinajstić information content (AvgIpc) is 2.21. The Balaban J connectivity index is 4.48. The first-order valence-electron chi connectivity index (χ1n) is 9.19. The number of hydrogen-bond donors (Lipinski definition) is 0. The molecule has 0 fully saturated rings. The summed E-state index contributed by atoms with van der Waals surface area (Å²) in [5.41, 5.74) is 2.50. The van der Waals surface area contributed by atoms with E-state index in [1.54, 1.807) is 0 Å². The third-order valence-electron chi connectivity index (χ3n) is 3.73. The molecule has 0 amide bonds. The monoisotopic (exact) mass is 426 g/mol. The van der Waals surface area contributed by atoms with Crippen LogP contribution in [-0.2, 0) is 12.3 Å². The van der Waals surface area contributed by atoms with Gasteiger partial charge in [-0.1, -0.05) is 6.92 Å². The fourth-order valence-corrected chi connectivity index (χ4v) is 33.3. The predicted molar refractivity (Wildman–Crippen MR) is 121 cm³/mol. The van der Waals surface area contributed by atoms with Crippen molar-refractivity contribution in [1.29, 1.82) is 0 Å². The summed E-state index contributed by atoms with van der Waals surface area (Å²) in [5.74, 6) is 0. The van der Waals surface area contributed by atoms with Crippen LogP contribution >= 0.6 is 0 Å². The molecule has 0 aliphatic carbocycles. The molecule has 140 valence electrons. The molecule has 0 aromatic rings. The lowest BCUT2D eigenvalue weighted by Gasteiger charge is -2.34. The maximum absolute atomic E-state index is 6.69. The molecule has 0 saturated heterocycles. The van der Waals surface area contributed by atoms with Gasteiger partial charge in [0, 0.05) is 0 Å². The van der Waals surface area contributed by atoms with Crippen LogP contribution in [0.25, 0.3) is 0 Å². The summed E-state index contributed by atoms with van der Waals surface area (Å²) < 4.78 is 19.5. The predicted octanol–water partition coefficient (Wildman–Crippen LogP) is 4.44. The van der Waals surface area contributed by atoms with Crippen molar-refractivity contribution in [1.82, 2.24) is 0 Å². The molecule has 0 rings (SSSR count). The Bertz CT molecular complexity index is 346. The van der Waals surface area contributed by atoms with Crippen molar-refractivity contribution in [3.05, 3.63) is 0 Å². The van der Waals surface area contributed by atoms with E-state index in [0.29, 0.717) is 0 Å². The van der Waals surface area contributed by atoms with E-state index in [1.165, 1.54) is 17.4 Å². The summed E-state index contributed by atoms with van der Waals surface area (Å²) in [4.78, 5) is 0. The summed E-state index contributed by atoms with van der Waals surface area (Å²) in [5, 5.41) is 0. The van der Waals surface area contributed by atoms with Gasteiger partial charge in [0.2, 0.25) is 0 Å². The second-order valence-electron chi connectivity index (χ2n) is 9.23. The largest absolute Gasteiger partial charge is 0.458 e. The van der Waals surface area contributed by atoms with Gasteiger partial charge in [-0.05, 0) is 82.8 Å². The molecule has 23 heavy (non-hydrogen) atoms. The third-order valence-corrected chi connectivity index (χ3v) is 30.1. The summed E-state index contributed by atoms with van der Waals surface area (Å²) in [6, 6.07) is 1.24. The molecular formula is C14H42O3Si6. The zero-order valence-electron chi connectivity index (χ0n) is 17.6. The molecule has 0 aromatic heterocycles. The third kappa shape index (κ3) is 13.1. The number of hydrogen-bond acceptors (Lipinski definition) is 3. The Hall–Kier alpha value is 1.18. The van der Waals surface area contributed by atoms with Crippen molar-refractivity contribution in [3.8, 4) is 0 Å². The minimum absolute atomic E-state index is 0.935. The molecule has 0 aliphatic heterocycles. The van der Waals surface area contributed by atoms with E-state index in [-0.39, 0.29) is 0 Å². The van der Waals surface area contributed by atoms with Crippen molar-refractivity contribution in [2.75, 3.05) is 0 Å². The van der Waals surface area contributed by atoms with Gasteiger partial charge in [0.1, 0.15) is 0 Å². The molecule has 0 N–H and O–H groups in total. The van der Waals surface area contributed by atoms with Gasteiger partial charge in [0.25, 0.3) is 0 Å². The van der Waals surface area contributed by atoms with Crippen LogP contribution in [0, 0.1) is 0 Å². The van der Waals surface area contributed by atoms with Gasteiger partial charge in [-0.3, -0.25) is 0 Å². The summed E-state index contributed by atoms with van der Waals surface area (Å²) in [7, 11) is -7.64. The molecule has 3 atom stereocenters. The van der Waals surface area contributed by atoms with Crippen LogP contribution in [0.3, 0.4) is 0 Å². The van der Waals surface area contributed by atoms with Crippen molar-refractivity contribution in [3.63, 3.8) is 0 Å². The molecule has 0 aromatic carbocycles. The highest BCUT2D eigenvalue weighted by atomic mass is 28.5. The fraction of sp³-hybridized carbons (Fsp3) is 1.00. The Morgan fingerprint density at radius 3 is 1.30 bits per heavy atom. The van der Waals surface area contributed by atoms with Crippen molar-refractivity contribution >= 4 is 52.1 Å². The minimum atomic E-state index is -1.58. The minimum Gasteiger partial charge on any atom is -0.458 e. The molecule has 0 heterocycles. The van der Waals surface area contributed by atoms with Gasteiger partial charge < -0.3 is 12.3 Å². The van der Waals surface area contributed by atoms with Crippen LogP contribution in [0.4, 0.5) is 0 Å². The van der Waals surface area contributed by atoms with E-state index in [2.05, 4.69) is 72.4 Å². The van der Waals surface area contributed by atoms with Crippen LogP contribution < -0.4 is 0 Å². The Kier molecular flexibility index (Phi) is 10.3. The maximum Gasteiger partial charge on any atom is 0.172 e. The summed E-state index contributed by atoms with van der Waals surface area (Å²) in [6.07, 6.45) is 0. The highest BCUT2D eigenvalue weighted by Crippen LogP contribution is 2.22. The first-order chi connectivity index (χ1) is 10.2. The van der Waals surface area contributed by atoms with E-state index < -0.39 is 52.1 Å². The Morgan fingerprint density at radius 1 is 0.609 bits per heavy atom. The van der Waals surface area contributed by atoms with E-state index in [0.717, 1.165) is 0 Å². The van der Waals surface area contributed by atoms with E-state index >= 15 is 0 Å². The van der Waals surface area contributed by atoms with Gasteiger partial charge in [-0.25, -0.2) is 0 Å². The van der Waals surface area contributed by atoms with E-state index in [1.807, 2.05) is 0 Å². The molecule has 0 bridgehead atoms. The maximum atomic E-state index is 6.69. The molecule has 3 unspecified atom stereocenters. The Morgan fingerprint density at radius 2 is 0.957 bits per heavy atom. The standard InChI is InChI=1S/C14H42O3Si6/c1-12-18(2)16-22(8,9)14-20(4)17-23(10,11)13-19(3)15-21(5,6)7/h18-20H,12-14H2,1-11H3. The average molecular weight is 427 g/mol. The molecule has 9 heteroatoms. The number of rotatable bonds is 11. The first kappa shape index (κ1) is 24.2. The van der Waals surface area contributed by atoms with Gasteiger partial charge in [-0.15, -0.1) is 0 Å². The quantitative estimate of drug-likeness (QED) is 0.457. The zero-order valence-corrected chi connectivity index (χ0v) is 24.0.